The van der Waals surface area contributed by atoms with Gasteiger partial charge in [0.15, 0.2) is 0 Å². The molecule has 3 nitrogen and oxygen atoms in total. The zero-order valence-corrected chi connectivity index (χ0v) is 25.8. The number of aliphatic hydroxyl groups excluding tert-OH is 1. The van der Waals surface area contributed by atoms with Crippen LogP contribution in [-0.2, 0) is 19.3 Å². The van der Waals surface area contributed by atoms with Crippen LogP contribution in [0.25, 0.3) is 0 Å². The van der Waals surface area contributed by atoms with Crippen molar-refractivity contribution in [3.8, 4) is 0 Å². The topological polar surface area (TPSA) is 60.7 Å². The minimum atomic E-state index is -0.546. The standard InChI is InChI=1S/C12H18O.C11H16O.C8H10O.C7H8/c1-3-12(2,13)10-9-11-7-5-4-6-8-11;1-11(2,12)9-8-10-6-4-3-5-7-10;9-7-6-8-4-2-1-3-5-8;1-7-5-3-2-4-6-7/h4-8,13H,3,9-10H2,1-2H3;3-7,12H,8-9H2,1-2H3;1-5,9H,6-7H2;2-6H,1H3. The fourth-order valence-electron chi connectivity index (χ4n) is 3.64. The molecule has 3 heteroatoms. The lowest BCUT2D eigenvalue weighted by molar-refractivity contribution is 0.0473. The van der Waals surface area contributed by atoms with Crippen LogP contribution in [0.2, 0.25) is 0 Å². The van der Waals surface area contributed by atoms with E-state index < -0.39 is 11.2 Å². The van der Waals surface area contributed by atoms with Crippen molar-refractivity contribution in [2.75, 3.05) is 6.61 Å². The summed E-state index contributed by atoms with van der Waals surface area (Å²) in [5, 5.41) is 27.8. The van der Waals surface area contributed by atoms with E-state index in [2.05, 4.69) is 43.3 Å². The highest BCUT2D eigenvalue weighted by Crippen LogP contribution is 2.17. The van der Waals surface area contributed by atoms with Gasteiger partial charge in [0.2, 0.25) is 0 Å². The number of hydrogen-bond donors (Lipinski definition) is 3. The van der Waals surface area contributed by atoms with E-state index in [4.69, 9.17) is 5.11 Å². The summed E-state index contributed by atoms with van der Waals surface area (Å²) in [6, 6.07) is 40.7. The van der Waals surface area contributed by atoms with E-state index in [-0.39, 0.29) is 6.61 Å². The Morgan fingerprint density at radius 2 is 0.854 bits per heavy atom. The van der Waals surface area contributed by atoms with E-state index in [9.17, 15) is 10.2 Å². The van der Waals surface area contributed by atoms with Crippen molar-refractivity contribution >= 4 is 0 Å². The summed E-state index contributed by atoms with van der Waals surface area (Å²) in [6.45, 7) is 9.93. The van der Waals surface area contributed by atoms with Gasteiger partial charge in [0, 0.05) is 6.61 Å². The predicted octanol–water partition coefficient (Wildman–Crippen LogP) is 8.39. The summed E-state index contributed by atoms with van der Waals surface area (Å²) in [4.78, 5) is 0. The zero-order valence-electron chi connectivity index (χ0n) is 25.8. The Morgan fingerprint density at radius 1 is 0.512 bits per heavy atom. The van der Waals surface area contributed by atoms with Crippen LogP contribution < -0.4 is 0 Å². The van der Waals surface area contributed by atoms with Gasteiger partial charge in [0.1, 0.15) is 0 Å². The number of aryl methyl sites for hydroxylation is 3. The monoisotopic (exact) mass is 556 g/mol. The van der Waals surface area contributed by atoms with Crippen molar-refractivity contribution < 1.29 is 15.3 Å². The first kappa shape index (κ1) is 35.8. The Hall–Kier alpha value is -3.24. The smallest absolute Gasteiger partial charge is 0.0620 e. The third-order valence-electron chi connectivity index (χ3n) is 6.61. The summed E-state index contributed by atoms with van der Waals surface area (Å²) in [5.41, 5.74) is 4.06. The molecule has 222 valence electrons. The SMILES string of the molecule is CC(C)(O)CCc1ccccc1.CCC(C)(O)CCc1ccccc1.Cc1ccccc1.OCCc1ccccc1. The molecule has 4 aromatic rings. The van der Waals surface area contributed by atoms with Gasteiger partial charge in [-0.1, -0.05) is 134 Å². The van der Waals surface area contributed by atoms with Gasteiger partial charge in [-0.05, 0) is 82.9 Å². The predicted molar refractivity (Wildman–Crippen MR) is 175 cm³/mol. The molecule has 3 N–H and O–H groups in total. The summed E-state index contributed by atoms with van der Waals surface area (Å²) in [7, 11) is 0. The van der Waals surface area contributed by atoms with Crippen LogP contribution in [0.5, 0.6) is 0 Å². The fourth-order valence-corrected chi connectivity index (χ4v) is 3.64. The lowest BCUT2D eigenvalue weighted by Crippen LogP contribution is -2.23. The quantitative estimate of drug-likeness (QED) is 0.194. The highest BCUT2D eigenvalue weighted by molar-refractivity contribution is 5.16. The van der Waals surface area contributed by atoms with Gasteiger partial charge in [-0.2, -0.15) is 0 Å². The van der Waals surface area contributed by atoms with Crippen molar-refractivity contribution in [2.24, 2.45) is 0 Å². The number of aliphatic hydroxyl groups is 3. The van der Waals surface area contributed by atoms with E-state index in [0.29, 0.717) is 0 Å². The lowest BCUT2D eigenvalue weighted by Gasteiger charge is -2.20. The van der Waals surface area contributed by atoms with Crippen LogP contribution >= 0.6 is 0 Å². The van der Waals surface area contributed by atoms with E-state index in [0.717, 1.165) is 38.5 Å². The van der Waals surface area contributed by atoms with Crippen LogP contribution in [0.1, 0.15) is 69.2 Å². The second-order valence-corrected chi connectivity index (χ2v) is 11.2. The van der Waals surface area contributed by atoms with Gasteiger partial charge >= 0.3 is 0 Å². The van der Waals surface area contributed by atoms with Gasteiger partial charge < -0.3 is 15.3 Å². The molecule has 1 unspecified atom stereocenters. The minimum Gasteiger partial charge on any atom is -0.396 e. The molecule has 0 radical (unpaired) electrons. The minimum absolute atomic E-state index is 0.240. The molecule has 0 aromatic heterocycles. The first-order valence-electron chi connectivity index (χ1n) is 14.7. The molecule has 4 rings (SSSR count). The number of rotatable bonds is 9. The first-order valence-corrected chi connectivity index (χ1v) is 14.7. The Morgan fingerprint density at radius 3 is 1.15 bits per heavy atom. The average Bonchev–Trinajstić information content (AvgIpc) is 2.98. The number of benzene rings is 4. The molecule has 0 heterocycles. The second kappa shape index (κ2) is 20.6. The van der Waals surface area contributed by atoms with Gasteiger partial charge in [0.05, 0.1) is 11.2 Å². The maximum Gasteiger partial charge on any atom is 0.0620 e. The summed E-state index contributed by atoms with van der Waals surface area (Å²) in [6.07, 6.45) is 5.15. The van der Waals surface area contributed by atoms with Gasteiger partial charge in [0.25, 0.3) is 0 Å². The van der Waals surface area contributed by atoms with Crippen LogP contribution in [-0.4, -0.2) is 33.1 Å². The third kappa shape index (κ3) is 20.3. The maximum atomic E-state index is 9.78. The average molecular weight is 557 g/mol. The molecule has 0 spiro atoms. The highest BCUT2D eigenvalue weighted by atomic mass is 16.3. The van der Waals surface area contributed by atoms with E-state index in [1.165, 1.54) is 22.3 Å². The molecule has 0 aliphatic rings. The zero-order chi connectivity index (χ0) is 30.4. The second-order valence-electron chi connectivity index (χ2n) is 11.2. The fraction of sp³-hybridized carbons (Fsp3) is 0.368. The third-order valence-corrected chi connectivity index (χ3v) is 6.61. The van der Waals surface area contributed by atoms with Crippen molar-refractivity contribution in [3.05, 3.63) is 144 Å². The molecular formula is C38H52O3. The van der Waals surface area contributed by atoms with Crippen LogP contribution in [0.15, 0.2) is 121 Å². The van der Waals surface area contributed by atoms with Crippen molar-refractivity contribution in [3.63, 3.8) is 0 Å². The Bertz CT molecular complexity index is 1120. The molecule has 0 bridgehead atoms. The maximum absolute atomic E-state index is 9.78. The summed E-state index contributed by atoms with van der Waals surface area (Å²) in [5.74, 6) is 0. The van der Waals surface area contributed by atoms with Crippen molar-refractivity contribution in [1.82, 2.24) is 0 Å². The molecule has 4 aromatic carbocycles. The number of hydrogen-bond acceptors (Lipinski definition) is 3. The largest absolute Gasteiger partial charge is 0.396 e. The van der Waals surface area contributed by atoms with Gasteiger partial charge in [-0.15, -0.1) is 0 Å². The van der Waals surface area contributed by atoms with Crippen LogP contribution in [0.3, 0.4) is 0 Å². The van der Waals surface area contributed by atoms with E-state index in [1.807, 2.05) is 113 Å². The molecular weight excluding hydrogens is 504 g/mol. The molecule has 41 heavy (non-hydrogen) atoms. The Labute approximate surface area is 249 Å². The molecule has 0 saturated heterocycles. The molecule has 0 saturated carbocycles. The molecule has 0 aliphatic carbocycles. The van der Waals surface area contributed by atoms with Crippen LogP contribution in [0, 0.1) is 6.92 Å². The lowest BCUT2D eigenvalue weighted by atomic mass is 9.94. The van der Waals surface area contributed by atoms with E-state index >= 15 is 0 Å². The summed E-state index contributed by atoms with van der Waals surface area (Å²) >= 11 is 0. The molecule has 1 atom stereocenters. The summed E-state index contributed by atoms with van der Waals surface area (Å²) < 4.78 is 0. The van der Waals surface area contributed by atoms with Gasteiger partial charge in [-0.25, -0.2) is 0 Å². The highest BCUT2D eigenvalue weighted by Gasteiger charge is 2.16. The molecule has 0 aliphatic heterocycles. The van der Waals surface area contributed by atoms with Gasteiger partial charge in [-0.3, -0.25) is 0 Å². The van der Waals surface area contributed by atoms with Crippen molar-refractivity contribution in [1.29, 1.82) is 0 Å². The van der Waals surface area contributed by atoms with Crippen LogP contribution in [0.4, 0.5) is 0 Å². The van der Waals surface area contributed by atoms with Crippen molar-refractivity contribution in [2.45, 2.75) is 84.3 Å². The Balaban J connectivity index is 0.000000280. The Kier molecular flexibility index (Phi) is 18.0. The van der Waals surface area contributed by atoms with E-state index in [1.54, 1.807) is 0 Å². The molecule has 0 amide bonds. The first-order chi connectivity index (χ1) is 19.5. The molecule has 0 fully saturated rings. The normalized spacial score (nSPS) is 11.8.